The minimum atomic E-state index is -3.67. The fourth-order valence-corrected chi connectivity index (χ4v) is 4.75. The number of nitrogens with zero attached hydrogens (tertiary/aromatic N) is 1. The van der Waals surface area contributed by atoms with E-state index < -0.39 is 10.0 Å². The van der Waals surface area contributed by atoms with Gasteiger partial charge in [-0.25, -0.2) is 8.42 Å². The first kappa shape index (κ1) is 16.8. The molecule has 4 nitrogen and oxygen atoms in total. The summed E-state index contributed by atoms with van der Waals surface area (Å²) >= 11 is 0. The third-order valence-corrected chi connectivity index (χ3v) is 6.45. The summed E-state index contributed by atoms with van der Waals surface area (Å²) in [6, 6.07) is 24.9. The van der Waals surface area contributed by atoms with Crippen LogP contribution in [0.4, 0.5) is 5.69 Å². The van der Waals surface area contributed by atoms with Crippen LogP contribution in [0.2, 0.25) is 0 Å². The Bertz CT molecular complexity index is 1450. The second-order valence-corrected chi connectivity index (χ2v) is 8.65. The maximum absolute atomic E-state index is 12.9. The second kappa shape index (κ2) is 6.11. The molecule has 5 rings (SSSR count). The number of aromatic nitrogens is 1. The highest BCUT2D eigenvalue weighted by Crippen LogP contribution is 2.32. The highest BCUT2D eigenvalue weighted by Gasteiger charge is 2.17. The van der Waals surface area contributed by atoms with E-state index in [4.69, 9.17) is 0 Å². The van der Waals surface area contributed by atoms with Crippen molar-refractivity contribution in [2.24, 2.45) is 0 Å². The summed E-state index contributed by atoms with van der Waals surface area (Å²) in [6.07, 6.45) is 1.97. The first-order valence-electron chi connectivity index (χ1n) is 9.04. The van der Waals surface area contributed by atoms with E-state index in [9.17, 15) is 8.42 Å². The van der Waals surface area contributed by atoms with Crippen molar-refractivity contribution >= 4 is 42.9 Å². The van der Waals surface area contributed by atoms with Gasteiger partial charge in [0.2, 0.25) is 0 Å². The standard InChI is InChI=1S/C23H18N2O2S/c1-16-8-12-19(13-9-16)28(26,27)24-21-15-18-11-10-17-5-2-3-6-20(17)23(18)25-14-4-7-22(21)25/h2-15,24H,1H3. The maximum Gasteiger partial charge on any atom is 0.261 e. The lowest BCUT2D eigenvalue weighted by Gasteiger charge is -2.14. The Morgan fingerprint density at radius 2 is 1.57 bits per heavy atom. The molecular weight excluding hydrogens is 368 g/mol. The average molecular weight is 386 g/mol. The minimum absolute atomic E-state index is 0.251. The SMILES string of the molecule is Cc1ccc(S(=O)(=O)Nc2cc3ccc4ccccc4c3n3cccc23)cc1. The molecule has 5 heteroatoms. The number of fused-ring (bicyclic) bond motifs is 5. The van der Waals surface area contributed by atoms with Crippen LogP contribution in [0.25, 0.3) is 27.2 Å². The first-order valence-corrected chi connectivity index (χ1v) is 10.5. The molecule has 28 heavy (non-hydrogen) atoms. The van der Waals surface area contributed by atoms with Crippen molar-refractivity contribution < 1.29 is 8.42 Å². The zero-order valence-corrected chi connectivity index (χ0v) is 16.1. The van der Waals surface area contributed by atoms with Crippen LogP contribution in [0.15, 0.2) is 90.0 Å². The molecule has 0 saturated heterocycles. The van der Waals surface area contributed by atoms with Crippen LogP contribution in [0, 0.1) is 6.92 Å². The normalized spacial score (nSPS) is 12.0. The van der Waals surface area contributed by atoms with Gasteiger partial charge in [-0.1, -0.05) is 54.1 Å². The topological polar surface area (TPSA) is 50.6 Å². The Hall–Kier alpha value is -3.31. The van der Waals surface area contributed by atoms with Gasteiger partial charge in [0, 0.05) is 17.0 Å². The number of hydrogen-bond donors (Lipinski definition) is 1. The third-order valence-electron chi connectivity index (χ3n) is 5.07. The van der Waals surface area contributed by atoms with Crippen molar-refractivity contribution in [2.45, 2.75) is 11.8 Å². The van der Waals surface area contributed by atoms with E-state index in [2.05, 4.69) is 22.9 Å². The van der Waals surface area contributed by atoms with Gasteiger partial charge in [0.1, 0.15) is 0 Å². The lowest BCUT2D eigenvalue weighted by atomic mass is 10.1. The van der Waals surface area contributed by atoms with E-state index in [0.29, 0.717) is 5.69 Å². The molecule has 0 saturated carbocycles. The fourth-order valence-electron chi connectivity index (χ4n) is 3.68. The molecule has 0 spiro atoms. The van der Waals surface area contributed by atoms with E-state index in [1.54, 1.807) is 24.3 Å². The predicted octanol–water partition coefficient (Wildman–Crippen LogP) is 5.35. The third kappa shape index (κ3) is 2.63. The summed E-state index contributed by atoms with van der Waals surface area (Å²) in [5.74, 6) is 0. The van der Waals surface area contributed by atoms with Gasteiger partial charge in [-0.3, -0.25) is 4.72 Å². The number of anilines is 1. The van der Waals surface area contributed by atoms with Gasteiger partial charge in [0.05, 0.1) is 21.6 Å². The van der Waals surface area contributed by atoms with E-state index in [-0.39, 0.29) is 4.90 Å². The van der Waals surface area contributed by atoms with Gasteiger partial charge in [0.25, 0.3) is 10.0 Å². The fraction of sp³-hybridized carbons (Fsp3) is 0.0435. The number of sulfonamides is 1. The van der Waals surface area contributed by atoms with Crippen LogP contribution >= 0.6 is 0 Å². The van der Waals surface area contributed by atoms with Crippen LogP contribution in [0.3, 0.4) is 0 Å². The van der Waals surface area contributed by atoms with E-state index in [1.807, 2.05) is 53.9 Å². The Kier molecular flexibility index (Phi) is 3.67. The molecule has 1 N–H and O–H groups in total. The van der Waals surface area contributed by atoms with Crippen molar-refractivity contribution in [3.63, 3.8) is 0 Å². The Morgan fingerprint density at radius 3 is 2.39 bits per heavy atom. The van der Waals surface area contributed by atoms with Crippen LogP contribution in [0.1, 0.15) is 5.56 Å². The molecule has 5 aromatic rings. The maximum atomic E-state index is 12.9. The number of aryl methyl sites for hydroxylation is 1. The quantitative estimate of drug-likeness (QED) is 0.425. The van der Waals surface area contributed by atoms with Gasteiger partial charge in [-0.2, -0.15) is 0 Å². The summed E-state index contributed by atoms with van der Waals surface area (Å²) in [6.45, 7) is 1.93. The van der Waals surface area contributed by atoms with Gasteiger partial charge in [0.15, 0.2) is 0 Å². The zero-order valence-electron chi connectivity index (χ0n) is 15.3. The van der Waals surface area contributed by atoms with Crippen LogP contribution < -0.4 is 4.72 Å². The van der Waals surface area contributed by atoms with Crippen molar-refractivity contribution in [3.8, 4) is 0 Å². The monoisotopic (exact) mass is 386 g/mol. The van der Waals surface area contributed by atoms with Gasteiger partial charge < -0.3 is 4.40 Å². The molecule has 0 aliphatic rings. The smallest absolute Gasteiger partial charge is 0.261 e. The molecule has 3 aromatic carbocycles. The summed E-state index contributed by atoms with van der Waals surface area (Å²) in [4.78, 5) is 0.251. The van der Waals surface area contributed by atoms with E-state index in [0.717, 1.165) is 32.8 Å². The average Bonchev–Trinajstić information content (AvgIpc) is 3.18. The largest absolute Gasteiger partial charge is 0.314 e. The summed E-state index contributed by atoms with van der Waals surface area (Å²) < 4.78 is 30.6. The van der Waals surface area contributed by atoms with Crippen molar-refractivity contribution in [1.29, 1.82) is 0 Å². The Balaban J connectivity index is 1.73. The zero-order chi connectivity index (χ0) is 19.3. The molecular formula is C23H18N2O2S. The molecule has 0 unspecified atom stereocenters. The minimum Gasteiger partial charge on any atom is -0.314 e. The van der Waals surface area contributed by atoms with Gasteiger partial charge >= 0.3 is 0 Å². The summed E-state index contributed by atoms with van der Waals surface area (Å²) in [7, 11) is -3.67. The molecule has 138 valence electrons. The van der Waals surface area contributed by atoms with Gasteiger partial charge in [-0.05, 0) is 42.6 Å². The van der Waals surface area contributed by atoms with Crippen LogP contribution in [-0.2, 0) is 10.0 Å². The summed E-state index contributed by atoms with van der Waals surface area (Å²) in [5, 5.41) is 3.26. The Labute approximate surface area is 163 Å². The summed E-state index contributed by atoms with van der Waals surface area (Å²) in [5.41, 5.74) is 3.47. The first-order chi connectivity index (χ1) is 13.5. The molecule has 0 aliphatic heterocycles. The molecule has 0 radical (unpaired) electrons. The molecule has 0 fully saturated rings. The molecule has 2 aromatic heterocycles. The van der Waals surface area contributed by atoms with Crippen LogP contribution in [0.5, 0.6) is 0 Å². The van der Waals surface area contributed by atoms with Crippen molar-refractivity contribution in [1.82, 2.24) is 4.40 Å². The lowest BCUT2D eigenvalue weighted by molar-refractivity contribution is 0.601. The number of benzene rings is 3. The van der Waals surface area contributed by atoms with Crippen LogP contribution in [-0.4, -0.2) is 12.8 Å². The molecule has 0 amide bonds. The highest BCUT2D eigenvalue weighted by atomic mass is 32.2. The molecule has 0 bridgehead atoms. The van der Waals surface area contributed by atoms with E-state index in [1.165, 1.54) is 0 Å². The predicted molar refractivity (Wildman–Crippen MR) is 114 cm³/mol. The van der Waals surface area contributed by atoms with Crippen molar-refractivity contribution in [2.75, 3.05) is 4.72 Å². The number of nitrogens with one attached hydrogen (secondary N) is 1. The lowest BCUT2D eigenvalue weighted by Crippen LogP contribution is -2.13. The molecule has 2 heterocycles. The highest BCUT2D eigenvalue weighted by molar-refractivity contribution is 7.92. The number of rotatable bonds is 3. The van der Waals surface area contributed by atoms with E-state index >= 15 is 0 Å². The molecule has 0 aliphatic carbocycles. The van der Waals surface area contributed by atoms with Gasteiger partial charge in [-0.15, -0.1) is 0 Å². The Morgan fingerprint density at radius 1 is 0.821 bits per heavy atom. The van der Waals surface area contributed by atoms with Crippen molar-refractivity contribution in [3.05, 3.63) is 90.6 Å². The number of hydrogen-bond acceptors (Lipinski definition) is 2. The number of pyridine rings is 1. The second-order valence-electron chi connectivity index (χ2n) is 6.96. The molecule has 0 atom stereocenters.